The minimum atomic E-state index is 0.162. The second-order valence-corrected chi connectivity index (χ2v) is 6.24. The summed E-state index contributed by atoms with van der Waals surface area (Å²) in [5.74, 6) is 1.23. The summed E-state index contributed by atoms with van der Waals surface area (Å²) in [5.41, 5.74) is 9.56. The Morgan fingerprint density at radius 2 is 1.59 bits per heavy atom. The molecule has 0 saturated heterocycles. The van der Waals surface area contributed by atoms with Crippen LogP contribution in [0.3, 0.4) is 0 Å². The van der Waals surface area contributed by atoms with E-state index in [2.05, 4.69) is 21.4 Å². The number of para-hydroxylation sites is 1. The van der Waals surface area contributed by atoms with Gasteiger partial charge in [0.15, 0.2) is 0 Å². The number of rotatable bonds is 5. The number of anilines is 3. The zero-order chi connectivity index (χ0) is 20.1. The molecule has 4 aromatic rings. The van der Waals surface area contributed by atoms with Crippen molar-refractivity contribution in [3.05, 3.63) is 90.8 Å². The molecule has 2 aromatic carbocycles. The Kier molecular flexibility index (Phi) is 5.04. The number of nitrogens with two attached hydrogens (primary N) is 1. The number of nitriles is 1. The number of nitrogen functional groups attached to an aromatic ring is 1. The van der Waals surface area contributed by atoms with Gasteiger partial charge in [0.05, 0.1) is 5.69 Å². The first-order valence-corrected chi connectivity index (χ1v) is 8.94. The molecule has 0 spiro atoms. The molecule has 29 heavy (non-hydrogen) atoms. The molecule has 0 bridgehead atoms. The van der Waals surface area contributed by atoms with Crippen LogP contribution >= 0.6 is 0 Å². The van der Waals surface area contributed by atoms with Crippen LogP contribution in [0, 0.1) is 11.3 Å². The van der Waals surface area contributed by atoms with Gasteiger partial charge in [0.25, 0.3) is 0 Å². The summed E-state index contributed by atoms with van der Waals surface area (Å²) in [6.07, 6.45) is 3.53. The first-order chi connectivity index (χ1) is 14.2. The highest BCUT2D eigenvalue weighted by atomic mass is 16.5. The van der Waals surface area contributed by atoms with Crippen molar-refractivity contribution in [3.63, 3.8) is 0 Å². The van der Waals surface area contributed by atoms with E-state index in [0.29, 0.717) is 17.3 Å². The van der Waals surface area contributed by atoms with Crippen molar-refractivity contribution in [1.82, 2.24) is 9.97 Å². The maximum atomic E-state index is 9.42. The Morgan fingerprint density at radius 1 is 0.897 bits per heavy atom. The molecule has 140 valence electrons. The third-order valence-electron chi connectivity index (χ3n) is 4.26. The van der Waals surface area contributed by atoms with Gasteiger partial charge in [0, 0.05) is 24.1 Å². The summed E-state index contributed by atoms with van der Waals surface area (Å²) >= 11 is 0. The summed E-state index contributed by atoms with van der Waals surface area (Å²) in [4.78, 5) is 8.47. The third kappa shape index (κ3) is 4.15. The van der Waals surface area contributed by atoms with Gasteiger partial charge in [-0.15, -0.1) is 0 Å². The van der Waals surface area contributed by atoms with E-state index in [1.54, 1.807) is 30.6 Å². The number of benzene rings is 2. The van der Waals surface area contributed by atoms with Crippen LogP contribution in [0.2, 0.25) is 0 Å². The summed E-state index contributed by atoms with van der Waals surface area (Å²) in [6, 6.07) is 24.6. The number of aromatic nitrogens is 2. The fourth-order valence-electron chi connectivity index (χ4n) is 2.83. The van der Waals surface area contributed by atoms with Gasteiger partial charge >= 0.3 is 0 Å². The van der Waals surface area contributed by atoms with E-state index in [4.69, 9.17) is 10.5 Å². The Balaban J connectivity index is 1.59. The highest BCUT2D eigenvalue weighted by Crippen LogP contribution is 2.30. The smallest absolute Gasteiger partial charge is 0.241 e. The first-order valence-electron chi connectivity index (χ1n) is 8.94. The molecular weight excluding hydrogens is 362 g/mol. The lowest BCUT2D eigenvalue weighted by Crippen LogP contribution is -2.02. The van der Waals surface area contributed by atoms with E-state index < -0.39 is 0 Å². The number of nitrogens with zero attached hydrogens (tertiary/aromatic N) is 3. The fourth-order valence-corrected chi connectivity index (χ4v) is 2.83. The van der Waals surface area contributed by atoms with Crippen molar-refractivity contribution in [2.24, 2.45) is 0 Å². The van der Waals surface area contributed by atoms with E-state index >= 15 is 0 Å². The average molecular weight is 379 g/mol. The molecule has 0 radical (unpaired) electrons. The van der Waals surface area contributed by atoms with Crippen LogP contribution < -0.4 is 15.8 Å². The molecular formula is C23H17N5O. The Bertz CT molecular complexity index is 1150. The van der Waals surface area contributed by atoms with Crippen LogP contribution in [0.25, 0.3) is 11.1 Å². The van der Waals surface area contributed by atoms with E-state index in [0.717, 1.165) is 16.8 Å². The Morgan fingerprint density at radius 3 is 2.28 bits per heavy atom. The molecule has 0 aliphatic carbocycles. The molecule has 2 aromatic heterocycles. The molecule has 6 nitrogen and oxygen atoms in total. The van der Waals surface area contributed by atoms with Crippen molar-refractivity contribution in [1.29, 1.82) is 5.26 Å². The monoisotopic (exact) mass is 379 g/mol. The van der Waals surface area contributed by atoms with Gasteiger partial charge in [-0.2, -0.15) is 10.2 Å². The molecule has 0 atom stereocenters. The number of hydrogen-bond acceptors (Lipinski definition) is 6. The van der Waals surface area contributed by atoms with Gasteiger partial charge in [-0.3, -0.25) is 4.98 Å². The standard InChI is InChI=1S/C23H17N5O/c24-15-20-21(25)14-22(28-23(20)29-19-4-2-1-3-5-19)27-18-8-6-16(7-9-18)17-10-12-26-13-11-17/h1-14H,(H3,25,27,28). The average Bonchev–Trinajstić information content (AvgIpc) is 2.76. The molecule has 0 amide bonds. The largest absolute Gasteiger partial charge is 0.438 e. The molecule has 4 rings (SSSR count). The van der Waals surface area contributed by atoms with Gasteiger partial charge in [-0.25, -0.2) is 0 Å². The SMILES string of the molecule is N#Cc1c(N)cc(Nc2ccc(-c3ccncc3)cc2)nc1Oc1ccccc1. The number of hydrogen-bond donors (Lipinski definition) is 2. The zero-order valence-electron chi connectivity index (χ0n) is 15.4. The van der Waals surface area contributed by atoms with Crippen molar-refractivity contribution in [2.45, 2.75) is 0 Å². The molecule has 3 N–H and O–H groups in total. The first kappa shape index (κ1) is 18.0. The van der Waals surface area contributed by atoms with Gasteiger partial charge in [-0.05, 0) is 47.5 Å². The number of pyridine rings is 2. The number of nitrogens with one attached hydrogen (secondary N) is 1. The lowest BCUT2D eigenvalue weighted by atomic mass is 10.1. The Hall–Kier alpha value is -4.37. The maximum absolute atomic E-state index is 9.42. The topological polar surface area (TPSA) is 96.9 Å². The maximum Gasteiger partial charge on any atom is 0.241 e. The van der Waals surface area contributed by atoms with Crippen LogP contribution in [0.4, 0.5) is 17.2 Å². The molecule has 0 aliphatic heterocycles. The van der Waals surface area contributed by atoms with Crippen LogP contribution in [-0.4, -0.2) is 9.97 Å². The molecule has 2 heterocycles. The van der Waals surface area contributed by atoms with Gasteiger partial charge in [-0.1, -0.05) is 30.3 Å². The predicted molar refractivity (Wildman–Crippen MR) is 113 cm³/mol. The lowest BCUT2D eigenvalue weighted by Gasteiger charge is -2.12. The lowest BCUT2D eigenvalue weighted by molar-refractivity contribution is 0.462. The molecule has 0 fully saturated rings. The summed E-state index contributed by atoms with van der Waals surface area (Å²) in [5, 5.41) is 12.6. The highest BCUT2D eigenvalue weighted by molar-refractivity contribution is 5.70. The summed E-state index contributed by atoms with van der Waals surface area (Å²) in [7, 11) is 0. The van der Waals surface area contributed by atoms with E-state index in [1.165, 1.54) is 0 Å². The van der Waals surface area contributed by atoms with Crippen LogP contribution in [-0.2, 0) is 0 Å². The molecule has 6 heteroatoms. The van der Waals surface area contributed by atoms with Gasteiger partial charge in [0.2, 0.25) is 5.88 Å². The van der Waals surface area contributed by atoms with Crippen molar-refractivity contribution < 1.29 is 4.74 Å². The molecule has 0 aliphatic rings. The Labute approximate surface area is 168 Å². The second kappa shape index (κ2) is 8.11. The second-order valence-electron chi connectivity index (χ2n) is 6.24. The number of ether oxygens (including phenoxy) is 1. The van der Waals surface area contributed by atoms with E-state index in [1.807, 2.05) is 54.6 Å². The molecule has 0 unspecified atom stereocenters. The van der Waals surface area contributed by atoms with Crippen molar-refractivity contribution in [2.75, 3.05) is 11.1 Å². The third-order valence-corrected chi connectivity index (χ3v) is 4.26. The van der Waals surface area contributed by atoms with Gasteiger partial charge < -0.3 is 15.8 Å². The van der Waals surface area contributed by atoms with Gasteiger partial charge in [0.1, 0.15) is 23.2 Å². The molecule has 0 saturated carbocycles. The van der Waals surface area contributed by atoms with Crippen LogP contribution in [0.5, 0.6) is 11.6 Å². The predicted octanol–water partition coefficient (Wildman–Crippen LogP) is 5.13. The van der Waals surface area contributed by atoms with E-state index in [9.17, 15) is 5.26 Å². The summed E-state index contributed by atoms with van der Waals surface area (Å²) in [6.45, 7) is 0. The minimum Gasteiger partial charge on any atom is -0.438 e. The minimum absolute atomic E-state index is 0.162. The normalized spacial score (nSPS) is 10.2. The van der Waals surface area contributed by atoms with Crippen LogP contribution in [0.15, 0.2) is 85.2 Å². The summed E-state index contributed by atoms with van der Waals surface area (Å²) < 4.78 is 5.78. The van der Waals surface area contributed by atoms with Crippen LogP contribution in [0.1, 0.15) is 5.56 Å². The quantitative estimate of drug-likeness (QED) is 0.499. The zero-order valence-corrected chi connectivity index (χ0v) is 15.4. The highest BCUT2D eigenvalue weighted by Gasteiger charge is 2.13. The van der Waals surface area contributed by atoms with E-state index in [-0.39, 0.29) is 11.4 Å². The fraction of sp³-hybridized carbons (Fsp3) is 0. The van der Waals surface area contributed by atoms with Crippen molar-refractivity contribution in [3.8, 4) is 28.8 Å². The van der Waals surface area contributed by atoms with Crippen molar-refractivity contribution >= 4 is 17.2 Å².